The maximum Gasteiger partial charge on any atom is 0.346 e. The highest BCUT2D eigenvalue weighted by molar-refractivity contribution is 5.81. The first-order valence-corrected chi connectivity index (χ1v) is 9.67. The molecule has 1 amide bonds. The molecular formula is C20H26N4O2. The van der Waals surface area contributed by atoms with Crippen LogP contribution >= 0.6 is 0 Å². The van der Waals surface area contributed by atoms with Gasteiger partial charge in [-0.25, -0.2) is 9.48 Å². The summed E-state index contributed by atoms with van der Waals surface area (Å²) in [5, 5.41) is 4.68. The lowest BCUT2D eigenvalue weighted by Crippen LogP contribution is -2.39. The van der Waals surface area contributed by atoms with E-state index < -0.39 is 0 Å². The lowest BCUT2D eigenvalue weighted by molar-refractivity contribution is -0.133. The smallest absolute Gasteiger partial charge is 0.342 e. The molecule has 1 aromatic carbocycles. The van der Waals surface area contributed by atoms with Crippen LogP contribution in [0.15, 0.2) is 35.1 Å². The van der Waals surface area contributed by atoms with Crippen molar-refractivity contribution in [3.05, 3.63) is 52.2 Å². The van der Waals surface area contributed by atoms with Crippen molar-refractivity contribution < 1.29 is 4.79 Å². The van der Waals surface area contributed by atoms with Crippen LogP contribution in [0, 0.1) is 5.92 Å². The quantitative estimate of drug-likeness (QED) is 0.827. The number of nitrogens with zero attached hydrogens (tertiary/aromatic N) is 4. The van der Waals surface area contributed by atoms with Gasteiger partial charge in [0.15, 0.2) is 0 Å². The zero-order valence-electron chi connectivity index (χ0n) is 15.3. The first-order valence-electron chi connectivity index (χ1n) is 9.67. The number of hydrogen-bond donors (Lipinski definition) is 0. The summed E-state index contributed by atoms with van der Waals surface area (Å²) >= 11 is 0. The number of aromatic nitrogens is 3. The highest BCUT2D eigenvalue weighted by Gasteiger charge is 2.36. The van der Waals surface area contributed by atoms with Crippen molar-refractivity contribution in [1.82, 2.24) is 19.2 Å². The molecule has 0 N–H and O–H groups in total. The van der Waals surface area contributed by atoms with Crippen molar-refractivity contribution in [1.29, 1.82) is 0 Å². The molecule has 0 radical (unpaired) electrons. The first-order chi connectivity index (χ1) is 12.7. The SMILES string of the molecule is CCn1c(C2CCN(C(=O)C3CC3)CC2)nn(Cc2ccccc2)c1=O. The number of piperidine rings is 1. The summed E-state index contributed by atoms with van der Waals surface area (Å²) < 4.78 is 3.38. The van der Waals surface area contributed by atoms with Crippen molar-refractivity contribution in [2.45, 2.75) is 51.6 Å². The minimum Gasteiger partial charge on any atom is -0.342 e. The third kappa shape index (κ3) is 3.32. The van der Waals surface area contributed by atoms with E-state index in [0.717, 1.165) is 50.2 Å². The summed E-state index contributed by atoms with van der Waals surface area (Å²) in [5.41, 5.74) is 1.04. The number of rotatable bonds is 5. The van der Waals surface area contributed by atoms with Gasteiger partial charge in [0, 0.05) is 31.5 Å². The van der Waals surface area contributed by atoms with Gasteiger partial charge in [-0.2, -0.15) is 5.10 Å². The van der Waals surface area contributed by atoms with Crippen LogP contribution in [0.2, 0.25) is 0 Å². The van der Waals surface area contributed by atoms with E-state index in [0.29, 0.717) is 19.0 Å². The Morgan fingerprint density at radius 1 is 1.12 bits per heavy atom. The molecular weight excluding hydrogens is 328 g/mol. The molecule has 2 fully saturated rings. The molecule has 4 rings (SSSR count). The number of carbonyl (C=O) groups is 1. The van der Waals surface area contributed by atoms with Gasteiger partial charge in [0.25, 0.3) is 0 Å². The van der Waals surface area contributed by atoms with Crippen molar-refractivity contribution in [3.63, 3.8) is 0 Å². The molecule has 26 heavy (non-hydrogen) atoms. The van der Waals surface area contributed by atoms with E-state index in [1.165, 1.54) is 0 Å². The Hall–Kier alpha value is -2.37. The molecule has 1 saturated heterocycles. The van der Waals surface area contributed by atoms with Gasteiger partial charge in [-0.3, -0.25) is 9.36 Å². The Balaban J connectivity index is 1.50. The van der Waals surface area contributed by atoms with Gasteiger partial charge in [-0.15, -0.1) is 0 Å². The molecule has 0 atom stereocenters. The van der Waals surface area contributed by atoms with Crippen LogP contribution in [-0.4, -0.2) is 38.2 Å². The number of hydrogen-bond acceptors (Lipinski definition) is 3. The summed E-state index contributed by atoms with van der Waals surface area (Å²) in [6, 6.07) is 9.95. The molecule has 0 unspecified atom stereocenters. The topological polar surface area (TPSA) is 60.1 Å². The number of likely N-dealkylation sites (tertiary alicyclic amines) is 1. The summed E-state index contributed by atoms with van der Waals surface area (Å²) in [4.78, 5) is 27.0. The fraction of sp³-hybridized carbons (Fsp3) is 0.550. The predicted molar refractivity (Wildman–Crippen MR) is 99.0 cm³/mol. The van der Waals surface area contributed by atoms with Gasteiger partial charge >= 0.3 is 5.69 Å². The molecule has 2 heterocycles. The molecule has 0 spiro atoms. The monoisotopic (exact) mass is 354 g/mol. The molecule has 2 aromatic rings. The highest BCUT2D eigenvalue weighted by atomic mass is 16.2. The summed E-state index contributed by atoms with van der Waals surface area (Å²) in [5.74, 6) is 1.74. The van der Waals surface area contributed by atoms with Gasteiger partial charge in [-0.05, 0) is 38.2 Å². The Morgan fingerprint density at radius 3 is 2.42 bits per heavy atom. The number of carbonyl (C=O) groups excluding carboxylic acids is 1. The zero-order valence-corrected chi connectivity index (χ0v) is 15.3. The van der Waals surface area contributed by atoms with E-state index >= 15 is 0 Å². The third-order valence-electron chi connectivity index (χ3n) is 5.54. The molecule has 1 aliphatic carbocycles. The second-order valence-electron chi connectivity index (χ2n) is 7.40. The predicted octanol–water partition coefficient (Wildman–Crippen LogP) is 2.23. The molecule has 6 nitrogen and oxygen atoms in total. The van der Waals surface area contributed by atoms with Crippen molar-refractivity contribution in [2.24, 2.45) is 5.92 Å². The largest absolute Gasteiger partial charge is 0.346 e. The Labute approximate surface area is 153 Å². The Bertz CT molecular complexity index is 827. The lowest BCUT2D eigenvalue weighted by Gasteiger charge is -2.31. The van der Waals surface area contributed by atoms with Crippen molar-refractivity contribution in [2.75, 3.05) is 13.1 Å². The van der Waals surface area contributed by atoms with Gasteiger partial charge < -0.3 is 4.90 Å². The van der Waals surface area contributed by atoms with Crippen LogP contribution in [0.5, 0.6) is 0 Å². The number of benzene rings is 1. The molecule has 6 heteroatoms. The normalized spacial score (nSPS) is 18.3. The van der Waals surface area contributed by atoms with Crippen LogP contribution < -0.4 is 5.69 Å². The molecule has 1 saturated carbocycles. The maximum atomic E-state index is 12.7. The molecule has 1 aromatic heterocycles. The fourth-order valence-electron chi connectivity index (χ4n) is 3.86. The molecule has 2 aliphatic rings. The third-order valence-corrected chi connectivity index (χ3v) is 5.54. The molecule has 138 valence electrons. The van der Waals surface area contributed by atoms with Crippen LogP contribution in [0.25, 0.3) is 0 Å². The summed E-state index contributed by atoms with van der Waals surface area (Å²) in [6.45, 7) is 4.68. The van der Waals surface area contributed by atoms with Crippen molar-refractivity contribution >= 4 is 5.91 Å². The lowest BCUT2D eigenvalue weighted by atomic mass is 9.95. The zero-order chi connectivity index (χ0) is 18.1. The average molecular weight is 354 g/mol. The van der Waals surface area contributed by atoms with E-state index in [-0.39, 0.29) is 17.5 Å². The van der Waals surface area contributed by atoms with E-state index in [9.17, 15) is 9.59 Å². The van der Waals surface area contributed by atoms with E-state index in [1.807, 2.05) is 42.2 Å². The first kappa shape index (κ1) is 17.1. The Kier molecular flexibility index (Phi) is 4.66. The molecule has 0 bridgehead atoms. The van der Waals surface area contributed by atoms with E-state index in [1.54, 1.807) is 9.25 Å². The van der Waals surface area contributed by atoms with Gasteiger partial charge in [0.1, 0.15) is 5.82 Å². The fourth-order valence-corrected chi connectivity index (χ4v) is 3.86. The maximum absolute atomic E-state index is 12.7. The van der Waals surface area contributed by atoms with E-state index in [4.69, 9.17) is 0 Å². The van der Waals surface area contributed by atoms with Crippen molar-refractivity contribution in [3.8, 4) is 0 Å². The second-order valence-corrected chi connectivity index (χ2v) is 7.40. The van der Waals surface area contributed by atoms with Crippen LogP contribution in [0.3, 0.4) is 0 Å². The van der Waals surface area contributed by atoms with Gasteiger partial charge in [0.2, 0.25) is 5.91 Å². The second kappa shape index (κ2) is 7.09. The number of amides is 1. The molecule has 1 aliphatic heterocycles. The minimum absolute atomic E-state index is 0.0390. The van der Waals surface area contributed by atoms with Crippen LogP contribution in [-0.2, 0) is 17.9 Å². The van der Waals surface area contributed by atoms with Crippen LogP contribution in [0.4, 0.5) is 0 Å². The van der Waals surface area contributed by atoms with Gasteiger partial charge in [0.05, 0.1) is 6.54 Å². The standard InChI is InChI=1S/C20H26N4O2/c1-2-23-18(16-10-12-22(13-11-16)19(25)17-8-9-17)21-24(20(23)26)14-15-6-4-3-5-7-15/h3-7,16-17H,2,8-14H2,1H3. The average Bonchev–Trinajstić information content (AvgIpc) is 3.48. The van der Waals surface area contributed by atoms with Crippen LogP contribution in [0.1, 0.15) is 49.9 Å². The summed E-state index contributed by atoms with van der Waals surface area (Å²) in [7, 11) is 0. The highest BCUT2D eigenvalue weighted by Crippen LogP contribution is 2.34. The van der Waals surface area contributed by atoms with Gasteiger partial charge in [-0.1, -0.05) is 30.3 Å². The van der Waals surface area contributed by atoms with E-state index in [2.05, 4.69) is 5.10 Å². The summed E-state index contributed by atoms with van der Waals surface area (Å²) in [6.07, 6.45) is 3.89. The Morgan fingerprint density at radius 2 is 1.81 bits per heavy atom. The minimum atomic E-state index is -0.0390.